The lowest BCUT2D eigenvalue weighted by molar-refractivity contribution is -0.154. The Kier molecular flexibility index (Phi) is 4.92. The molecule has 110 valence electrons. The molecule has 0 aromatic heterocycles. The van der Waals surface area contributed by atoms with Gasteiger partial charge in [0.2, 0.25) is 5.91 Å². The van der Waals surface area contributed by atoms with Crippen molar-refractivity contribution in [1.82, 2.24) is 4.90 Å². The van der Waals surface area contributed by atoms with Gasteiger partial charge in [-0.1, -0.05) is 20.8 Å². The number of carbonyl (C=O) groups is 2. The summed E-state index contributed by atoms with van der Waals surface area (Å²) in [5.74, 6) is -0.796. The summed E-state index contributed by atoms with van der Waals surface area (Å²) in [6, 6.07) is -1.44. The number of ether oxygens (including phenoxy) is 1. The molecule has 6 nitrogen and oxygen atoms in total. The van der Waals surface area contributed by atoms with E-state index >= 15 is 0 Å². The van der Waals surface area contributed by atoms with Crippen molar-refractivity contribution in [3.63, 3.8) is 0 Å². The minimum absolute atomic E-state index is 0.131. The molecule has 0 bridgehead atoms. The summed E-state index contributed by atoms with van der Waals surface area (Å²) in [4.78, 5) is 25.5. The van der Waals surface area contributed by atoms with E-state index in [0.717, 1.165) is 0 Å². The minimum Gasteiger partial charge on any atom is -0.464 e. The van der Waals surface area contributed by atoms with Crippen molar-refractivity contribution in [2.45, 2.75) is 52.3 Å². The summed E-state index contributed by atoms with van der Waals surface area (Å²) >= 11 is 0. The molecule has 3 N–H and O–H groups in total. The predicted molar refractivity (Wildman–Crippen MR) is 70.2 cm³/mol. The van der Waals surface area contributed by atoms with Crippen LogP contribution in [0.25, 0.3) is 0 Å². The molecule has 1 aliphatic rings. The van der Waals surface area contributed by atoms with Gasteiger partial charge in [-0.15, -0.1) is 0 Å². The molecule has 0 aromatic rings. The summed E-state index contributed by atoms with van der Waals surface area (Å²) < 4.78 is 4.94. The first-order valence-electron chi connectivity index (χ1n) is 6.59. The van der Waals surface area contributed by atoms with Gasteiger partial charge in [0.05, 0.1) is 18.8 Å². The zero-order chi connectivity index (χ0) is 14.8. The lowest BCUT2D eigenvalue weighted by atomic mass is 9.86. The standard InChI is InChI=1S/C13H24N2O4/c1-5-19-12(18)9-6-8(16)7-15(9)11(17)10(14)13(2,3)4/h8-10,16H,5-7,14H2,1-4H3/t8-,9+,10-/m1/s1. The van der Waals surface area contributed by atoms with Crippen LogP contribution in [-0.2, 0) is 14.3 Å². The molecule has 3 atom stereocenters. The van der Waals surface area contributed by atoms with Crippen molar-refractivity contribution in [2.75, 3.05) is 13.2 Å². The van der Waals surface area contributed by atoms with Crippen LogP contribution in [0.15, 0.2) is 0 Å². The third kappa shape index (κ3) is 3.67. The molecular formula is C13H24N2O4. The zero-order valence-electron chi connectivity index (χ0n) is 12.0. The molecular weight excluding hydrogens is 248 g/mol. The maximum atomic E-state index is 12.3. The van der Waals surface area contributed by atoms with E-state index in [0.29, 0.717) is 0 Å². The van der Waals surface area contributed by atoms with Crippen LogP contribution in [0.1, 0.15) is 34.1 Å². The van der Waals surface area contributed by atoms with Crippen LogP contribution in [0.2, 0.25) is 0 Å². The molecule has 0 unspecified atom stereocenters. The number of esters is 1. The fraction of sp³-hybridized carbons (Fsp3) is 0.846. The van der Waals surface area contributed by atoms with Crippen molar-refractivity contribution in [3.05, 3.63) is 0 Å². The number of amides is 1. The van der Waals surface area contributed by atoms with Crippen molar-refractivity contribution in [3.8, 4) is 0 Å². The van der Waals surface area contributed by atoms with Crippen LogP contribution >= 0.6 is 0 Å². The normalized spacial score (nSPS) is 25.3. The largest absolute Gasteiger partial charge is 0.464 e. The van der Waals surface area contributed by atoms with Gasteiger partial charge in [-0.3, -0.25) is 4.79 Å². The Morgan fingerprint density at radius 2 is 2.05 bits per heavy atom. The Morgan fingerprint density at radius 3 is 2.53 bits per heavy atom. The van der Waals surface area contributed by atoms with Gasteiger partial charge in [-0.05, 0) is 12.3 Å². The van der Waals surface area contributed by atoms with Crippen molar-refractivity contribution in [2.24, 2.45) is 11.1 Å². The monoisotopic (exact) mass is 272 g/mol. The van der Waals surface area contributed by atoms with Gasteiger partial charge in [0.1, 0.15) is 6.04 Å². The average molecular weight is 272 g/mol. The highest BCUT2D eigenvalue weighted by Crippen LogP contribution is 2.25. The van der Waals surface area contributed by atoms with E-state index in [9.17, 15) is 14.7 Å². The molecule has 0 saturated carbocycles. The molecule has 0 aliphatic carbocycles. The van der Waals surface area contributed by atoms with E-state index in [1.165, 1.54) is 4.90 Å². The zero-order valence-corrected chi connectivity index (χ0v) is 12.0. The van der Waals surface area contributed by atoms with Gasteiger partial charge in [0, 0.05) is 13.0 Å². The van der Waals surface area contributed by atoms with Gasteiger partial charge in [0.15, 0.2) is 0 Å². The summed E-state index contributed by atoms with van der Waals surface area (Å²) in [6.07, 6.45) is -0.493. The van der Waals surface area contributed by atoms with Gasteiger partial charge in [-0.2, -0.15) is 0 Å². The molecule has 1 amide bonds. The number of hydrogen-bond donors (Lipinski definition) is 2. The Morgan fingerprint density at radius 1 is 1.47 bits per heavy atom. The van der Waals surface area contributed by atoms with Crippen LogP contribution in [0.4, 0.5) is 0 Å². The number of nitrogens with zero attached hydrogens (tertiary/aromatic N) is 1. The Labute approximate surface area is 113 Å². The molecule has 1 rings (SSSR count). The molecule has 0 aromatic carbocycles. The topological polar surface area (TPSA) is 92.9 Å². The van der Waals surface area contributed by atoms with E-state index in [-0.39, 0.29) is 25.5 Å². The van der Waals surface area contributed by atoms with E-state index in [4.69, 9.17) is 10.5 Å². The predicted octanol–water partition coefficient (Wildman–Crippen LogP) is -0.115. The summed E-state index contributed by atoms with van der Waals surface area (Å²) in [5, 5.41) is 9.68. The first-order valence-corrected chi connectivity index (χ1v) is 6.59. The van der Waals surface area contributed by atoms with Gasteiger partial charge >= 0.3 is 5.97 Å². The number of aliphatic hydroxyl groups excluding tert-OH is 1. The highest BCUT2D eigenvalue weighted by Gasteiger charge is 2.43. The number of β-amino-alcohol motifs (C(OH)–C–C–N with tert-alkyl or cyclic N) is 1. The average Bonchev–Trinajstić information content (AvgIpc) is 2.68. The molecule has 0 spiro atoms. The quantitative estimate of drug-likeness (QED) is 0.699. The summed E-state index contributed by atoms with van der Waals surface area (Å²) in [6.45, 7) is 7.67. The highest BCUT2D eigenvalue weighted by molar-refractivity contribution is 5.88. The molecule has 1 fully saturated rings. The summed E-state index contributed by atoms with van der Waals surface area (Å²) in [5.41, 5.74) is 5.53. The van der Waals surface area contributed by atoms with Crippen LogP contribution in [0.5, 0.6) is 0 Å². The lowest BCUT2D eigenvalue weighted by Crippen LogP contribution is -2.53. The number of nitrogens with two attached hydrogens (primary N) is 1. The van der Waals surface area contributed by atoms with Crippen LogP contribution in [-0.4, -0.2) is 53.2 Å². The summed E-state index contributed by atoms with van der Waals surface area (Å²) in [7, 11) is 0. The second-order valence-corrected chi connectivity index (χ2v) is 5.99. The Hall–Kier alpha value is -1.14. The second-order valence-electron chi connectivity index (χ2n) is 5.99. The Bertz CT molecular complexity index is 351. The van der Waals surface area contributed by atoms with Gasteiger partial charge in [0.25, 0.3) is 0 Å². The molecule has 6 heteroatoms. The van der Waals surface area contributed by atoms with Crippen molar-refractivity contribution >= 4 is 11.9 Å². The third-order valence-corrected chi connectivity index (χ3v) is 3.32. The molecule has 1 saturated heterocycles. The first kappa shape index (κ1) is 15.9. The maximum Gasteiger partial charge on any atom is 0.328 e. The van der Waals surface area contributed by atoms with Crippen molar-refractivity contribution in [1.29, 1.82) is 0 Å². The second kappa shape index (κ2) is 5.88. The minimum atomic E-state index is -0.726. The van der Waals surface area contributed by atoms with Gasteiger partial charge < -0.3 is 20.5 Å². The molecule has 0 radical (unpaired) electrons. The Balaban J connectivity index is 2.84. The van der Waals surface area contributed by atoms with Crippen LogP contribution < -0.4 is 5.73 Å². The van der Waals surface area contributed by atoms with E-state index < -0.39 is 29.6 Å². The fourth-order valence-electron chi connectivity index (χ4n) is 2.07. The SMILES string of the molecule is CCOC(=O)[C@@H]1C[C@@H](O)CN1C(=O)[C@@H](N)C(C)(C)C. The highest BCUT2D eigenvalue weighted by atomic mass is 16.5. The number of likely N-dealkylation sites (tertiary alicyclic amines) is 1. The number of carbonyl (C=O) groups excluding carboxylic acids is 2. The van der Waals surface area contributed by atoms with Crippen LogP contribution in [0.3, 0.4) is 0 Å². The van der Waals surface area contributed by atoms with E-state index in [1.807, 2.05) is 20.8 Å². The molecule has 1 aliphatic heterocycles. The third-order valence-electron chi connectivity index (χ3n) is 3.32. The number of hydrogen-bond acceptors (Lipinski definition) is 5. The van der Waals surface area contributed by atoms with Crippen molar-refractivity contribution < 1.29 is 19.4 Å². The number of aliphatic hydroxyl groups is 1. The molecule has 1 heterocycles. The van der Waals surface area contributed by atoms with Gasteiger partial charge in [-0.25, -0.2) is 4.79 Å². The van der Waals surface area contributed by atoms with E-state index in [1.54, 1.807) is 6.92 Å². The number of rotatable bonds is 3. The fourth-order valence-corrected chi connectivity index (χ4v) is 2.07. The van der Waals surface area contributed by atoms with Crippen LogP contribution in [0, 0.1) is 5.41 Å². The smallest absolute Gasteiger partial charge is 0.328 e. The maximum absolute atomic E-state index is 12.3. The first-order chi connectivity index (χ1) is 8.68. The lowest BCUT2D eigenvalue weighted by Gasteiger charge is -2.32. The van der Waals surface area contributed by atoms with E-state index in [2.05, 4.69) is 0 Å². The molecule has 19 heavy (non-hydrogen) atoms.